The minimum Gasteiger partial charge on any atom is -0.348 e. The first-order chi connectivity index (χ1) is 13.2. The number of fused-ring (bicyclic) bond motifs is 1. The van der Waals surface area contributed by atoms with Crippen LogP contribution in [0.2, 0.25) is 0 Å². The van der Waals surface area contributed by atoms with Gasteiger partial charge >= 0.3 is 0 Å². The van der Waals surface area contributed by atoms with Gasteiger partial charge in [-0.05, 0) is 47.9 Å². The number of nitrogens with one attached hydrogen (secondary N) is 1. The topological polar surface area (TPSA) is 62.3 Å². The molecule has 0 bridgehead atoms. The van der Waals surface area contributed by atoms with Gasteiger partial charge in [0.1, 0.15) is 0 Å². The van der Waals surface area contributed by atoms with Crippen LogP contribution in [0.1, 0.15) is 31.8 Å². The SMILES string of the molecule is O=C(NCc1cccnc1)c1cccc(C(=O)N2CCc3ccccc32)c1. The maximum Gasteiger partial charge on any atom is 0.258 e. The largest absolute Gasteiger partial charge is 0.348 e. The van der Waals surface area contributed by atoms with Gasteiger partial charge in [0.05, 0.1) is 0 Å². The normalized spacial score (nSPS) is 12.5. The molecule has 2 heterocycles. The van der Waals surface area contributed by atoms with Gasteiger partial charge in [0.25, 0.3) is 11.8 Å². The maximum absolute atomic E-state index is 12.9. The van der Waals surface area contributed by atoms with Crippen LogP contribution in [0.5, 0.6) is 0 Å². The molecule has 0 aliphatic carbocycles. The van der Waals surface area contributed by atoms with Crippen molar-refractivity contribution in [2.24, 2.45) is 0 Å². The van der Waals surface area contributed by atoms with E-state index < -0.39 is 0 Å². The summed E-state index contributed by atoms with van der Waals surface area (Å²) >= 11 is 0. The van der Waals surface area contributed by atoms with Gasteiger partial charge in [-0.3, -0.25) is 14.6 Å². The van der Waals surface area contributed by atoms with Gasteiger partial charge in [-0.1, -0.05) is 30.3 Å². The Morgan fingerprint density at radius 1 is 1.00 bits per heavy atom. The Kier molecular flexibility index (Phi) is 4.66. The molecule has 0 radical (unpaired) electrons. The van der Waals surface area contributed by atoms with E-state index in [-0.39, 0.29) is 11.8 Å². The molecular weight excluding hydrogens is 338 g/mol. The molecule has 1 aliphatic heterocycles. The predicted octanol–water partition coefficient (Wildman–Crippen LogP) is 3.21. The first-order valence-electron chi connectivity index (χ1n) is 8.89. The average Bonchev–Trinajstić information content (AvgIpc) is 3.16. The number of pyridine rings is 1. The first kappa shape index (κ1) is 17.0. The summed E-state index contributed by atoms with van der Waals surface area (Å²) in [6, 6.07) is 18.5. The number of aromatic nitrogens is 1. The lowest BCUT2D eigenvalue weighted by atomic mass is 10.1. The van der Waals surface area contributed by atoms with Gasteiger partial charge in [-0.15, -0.1) is 0 Å². The smallest absolute Gasteiger partial charge is 0.258 e. The summed E-state index contributed by atoms with van der Waals surface area (Å²) in [5.74, 6) is -0.294. The van der Waals surface area contributed by atoms with Gasteiger partial charge < -0.3 is 10.2 Å². The van der Waals surface area contributed by atoms with Crippen LogP contribution in [0, 0.1) is 0 Å². The summed E-state index contributed by atoms with van der Waals surface area (Å²) in [6.45, 7) is 1.06. The van der Waals surface area contributed by atoms with Gasteiger partial charge in [-0.25, -0.2) is 0 Å². The van der Waals surface area contributed by atoms with Gasteiger partial charge in [0, 0.05) is 42.3 Å². The highest BCUT2D eigenvalue weighted by Crippen LogP contribution is 2.28. The molecule has 2 amide bonds. The number of carbonyl (C=O) groups excluding carboxylic acids is 2. The number of rotatable bonds is 4. The zero-order valence-electron chi connectivity index (χ0n) is 14.8. The van der Waals surface area contributed by atoms with E-state index in [1.165, 1.54) is 5.56 Å². The molecule has 27 heavy (non-hydrogen) atoms. The maximum atomic E-state index is 12.9. The van der Waals surface area contributed by atoms with Crippen LogP contribution in [0.15, 0.2) is 73.1 Å². The van der Waals surface area contributed by atoms with Crippen LogP contribution in [0.4, 0.5) is 5.69 Å². The van der Waals surface area contributed by atoms with E-state index >= 15 is 0 Å². The summed E-state index contributed by atoms with van der Waals surface area (Å²) in [5.41, 5.74) is 4.04. The molecule has 0 atom stereocenters. The molecule has 0 fully saturated rings. The number of hydrogen-bond donors (Lipinski definition) is 1. The Hall–Kier alpha value is -3.47. The second-order valence-corrected chi connectivity index (χ2v) is 6.46. The number of hydrogen-bond acceptors (Lipinski definition) is 3. The summed E-state index contributed by atoms with van der Waals surface area (Å²) in [6.07, 6.45) is 4.26. The van der Waals surface area contributed by atoms with Crippen molar-refractivity contribution in [3.8, 4) is 0 Å². The van der Waals surface area contributed by atoms with E-state index in [2.05, 4.69) is 10.3 Å². The Morgan fingerprint density at radius 3 is 2.70 bits per heavy atom. The Balaban J connectivity index is 1.49. The number of anilines is 1. The van der Waals surface area contributed by atoms with Crippen LogP contribution in [-0.4, -0.2) is 23.3 Å². The number of para-hydroxylation sites is 1. The third-order valence-corrected chi connectivity index (χ3v) is 4.68. The van der Waals surface area contributed by atoms with Crippen LogP contribution in [0.25, 0.3) is 0 Å². The Bertz CT molecular complexity index is 986. The molecule has 0 unspecified atom stereocenters. The van der Waals surface area contributed by atoms with E-state index in [0.29, 0.717) is 24.2 Å². The molecule has 2 aromatic carbocycles. The van der Waals surface area contributed by atoms with Crippen molar-refractivity contribution in [3.63, 3.8) is 0 Å². The summed E-state index contributed by atoms with van der Waals surface area (Å²) in [7, 11) is 0. The fourth-order valence-corrected chi connectivity index (χ4v) is 3.29. The molecule has 5 heteroatoms. The van der Waals surface area contributed by atoms with E-state index in [1.807, 2.05) is 36.4 Å². The molecule has 3 aromatic rings. The minimum absolute atomic E-state index is 0.0816. The van der Waals surface area contributed by atoms with E-state index in [0.717, 1.165) is 17.7 Å². The molecule has 0 spiro atoms. The van der Waals surface area contributed by atoms with E-state index in [9.17, 15) is 9.59 Å². The zero-order valence-corrected chi connectivity index (χ0v) is 14.8. The number of amides is 2. The highest BCUT2D eigenvalue weighted by molar-refractivity contribution is 6.08. The molecule has 0 saturated carbocycles. The molecule has 0 saturated heterocycles. The number of benzene rings is 2. The zero-order chi connectivity index (χ0) is 18.6. The number of nitrogens with zero attached hydrogens (tertiary/aromatic N) is 2. The fraction of sp³-hybridized carbons (Fsp3) is 0.136. The lowest BCUT2D eigenvalue weighted by Gasteiger charge is -2.17. The lowest BCUT2D eigenvalue weighted by Crippen LogP contribution is -2.29. The Labute approximate surface area is 157 Å². The van der Waals surface area contributed by atoms with Crippen molar-refractivity contribution in [3.05, 3.63) is 95.3 Å². The fourth-order valence-electron chi connectivity index (χ4n) is 3.29. The summed E-state index contributed by atoms with van der Waals surface area (Å²) in [5, 5.41) is 2.86. The molecule has 134 valence electrons. The monoisotopic (exact) mass is 357 g/mol. The number of carbonyl (C=O) groups is 2. The van der Waals surface area contributed by atoms with Crippen LogP contribution < -0.4 is 10.2 Å². The highest BCUT2D eigenvalue weighted by atomic mass is 16.2. The van der Waals surface area contributed by atoms with Gasteiger partial charge in [0.15, 0.2) is 0 Å². The molecule has 1 aromatic heterocycles. The third-order valence-electron chi connectivity index (χ3n) is 4.68. The first-order valence-corrected chi connectivity index (χ1v) is 8.89. The minimum atomic E-state index is -0.213. The van der Waals surface area contributed by atoms with Crippen LogP contribution in [-0.2, 0) is 13.0 Å². The summed E-state index contributed by atoms with van der Waals surface area (Å²) < 4.78 is 0. The van der Waals surface area contributed by atoms with Crippen molar-refractivity contribution in [1.82, 2.24) is 10.3 Å². The average molecular weight is 357 g/mol. The molecule has 5 nitrogen and oxygen atoms in total. The molecule has 4 rings (SSSR count). The molecule has 1 N–H and O–H groups in total. The van der Waals surface area contributed by atoms with Crippen molar-refractivity contribution < 1.29 is 9.59 Å². The quantitative estimate of drug-likeness (QED) is 0.780. The highest BCUT2D eigenvalue weighted by Gasteiger charge is 2.25. The van der Waals surface area contributed by atoms with Crippen LogP contribution in [0.3, 0.4) is 0 Å². The van der Waals surface area contributed by atoms with E-state index in [4.69, 9.17) is 0 Å². The lowest BCUT2D eigenvalue weighted by molar-refractivity contribution is 0.0951. The Morgan fingerprint density at radius 2 is 1.85 bits per heavy atom. The van der Waals surface area contributed by atoms with Crippen molar-refractivity contribution in [2.45, 2.75) is 13.0 Å². The van der Waals surface area contributed by atoms with Crippen molar-refractivity contribution in [1.29, 1.82) is 0 Å². The standard InChI is InChI=1S/C22H19N3O2/c26-21(24-15-16-5-4-11-23-14-16)18-7-3-8-19(13-18)22(27)25-12-10-17-6-1-2-9-20(17)25/h1-9,11,13-14H,10,12,15H2,(H,24,26). The van der Waals surface area contributed by atoms with Crippen molar-refractivity contribution in [2.75, 3.05) is 11.4 Å². The van der Waals surface area contributed by atoms with Gasteiger partial charge in [0.2, 0.25) is 0 Å². The predicted molar refractivity (Wildman–Crippen MR) is 104 cm³/mol. The van der Waals surface area contributed by atoms with Crippen molar-refractivity contribution >= 4 is 17.5 Å². The molecule has 1 aliphatic rings. The molecular formula is C22H19N3O2. The van der Waals surface area contributed by atoms with Crippen LogP contribution >= 0.6 is 0 Å². The van der Waals surface area contributed by atoms with Gasteiger partial charge in [-0.2, -0.15) is 0 Å². The second-order valence-electron chi connectivity index (χ2n) is 6.46. The van der Waals surface area contributed by atoms with E-state index in [1.54, 1.807) is 41.6 Å². The third kappa shape index (κ3) is 3.58. The summed E-state index contributed by atoms with van der Waals surface area (Å²) in [4.78, 5) is 31.2. The second kappa shape index (κ2) is 7.41.